The normalized spacial score (nSPS) is 14.6. The molecule has 0 radical (unpaired) electrons. The zero-order valence-corrected chi connectivity index (χ0v) is 45.4. The van der Waals surface area contributed by atoms with E-state index in [1.165, 1.54) is 187 Å². The van der Waals surface area contributed by atoms with Crippen molar-refractivity contribution in [1.82, 2.24) is 0 Å². The second-order valence-electron chi connectivity index (χ2n) is 22.9. The third-order valence-corrected chi connectivity index (χ3v) is 16.9. The van der Waals surface area contributed by atoms with Crippen LogP contribution in [0.2, 0.25) is 0 Å². The summed E-state index contributed by atoms with van der Waals surface area (Å²) >= 11 is 0. The van der Waals surface area contributed by atoms with Crippen LogP contribution >= 0.6 is 0 Å². The van der Waals surface area contributed by atoms with E-state index in [-0.39, 0.29) is 0 Å². The molecule has 0 aromatic heterocycles. The van der Waals surface area contributed by atoms with E-state index in [0.717, 1.165) is 0 Å². The molecule has 0 unspecified atom stereocenters. The maximum absolute atomic E-state index is 2.48. The molecule has 2 saturated carbocycles. The first-order valence-corrected chi connectivity index (χ1v) is 28.2. The van der Waals surface area contributed by atoms with Crippen LogP contribution in [0.4, 0.5) is 34.1 Å². The van der Waals surface area contributed by atoms with Gasteiger partial charge in [-0.1, -0.05) is 174 Å². The third kappa shape index (κ3) is 9.81. The number of anilines is 6. The highest BCUT2D eigenvalue weighted by Gasteiger charge is 2.23. The van der Waals surface area contributed by atoms with Crippen molar-refractivity contribution in [2.75, 3.05) is 9.80 Å². The summed E-state index contributed by atoms with van der Waals surface area (Å²) in [7, 11) is 0. The Morgan fingerprint density at radius 2 is 0.649 bits per heavy atom. The summed E-state index contributed by atoms with van der Waals surface area (Å²) in [6, 6.07) is 65.8. The molecule has 0 atom stereocenters. The van der Waals surface area contributed by atoms with Gasteiger partial charge in [0.05, 0.1) is 0 Å². The molecule has 2 fully saturated rings. The Bertz CT molecular complexity index is 3190. The Morgan fingerprint density at radius 1 is 0.324 bits per heavy atom. The first kappa shape index (κ1) is 49.3. The molecule has 2 aliphatic carbocycles. The zero-order valence-electron chi connectivity index (χ0n) is 45.4. The van der Waals surface area contributed by atoms with Gasteiger partial charge in [0, 0.05) is 34.1 Å². The average molecular weight is 969 g/mol. The first-order valence-electron chi connectivity index (χ1n) is 28.2. The van der Waals surface area contributed by atoms with Crippen LogP contribution in [0, 0.1) is 27.7 Å². The van der Waals surface area contributed by atoms with Gasteiger partial charge in [0.1, 0.15) is 0 Å². The Kier molecular flexibility index (Phi) is 14.1. The predicted octanol–water partition coefficient (Wildman–Crippen LogP) is 21.8. The summed E-state index contributed by atoms with van der Waals surface area (Å²) < 4.78 is 0. The molecule has 0 aliphatic heterocycles. The molecule has 0 saturated heterocycles. The lowest BCUT2D eigenvalue weighted by molar-refractivity contribution is 0.443. The van der Waals surface area contributed by atoms with E-state index in [1.807, 2.05) is 0 Å². The van der Waals surface area contributed by atoms with Gasteiger partial charge >= 0.3 is 0 Å². The second kappa shape index (κ2) is 21.1. The van der Waals surface area contributed by atoms with E-state index in [0.29, 0.717) is 23.7 Å². The molecule has 0 bridgehead atoms. The Hall–Kier alpha value is -6.90. The van der Waals surface area contributed by atoms with Gasteiger partial charge in [-0.15, -0.1) is 0 Å². The molecule has 9 aromatic carbocycles. The number of nitrogens with zero attached hydrogens (tertiary/aromatic N) is 2. The van der Waals surface area contributed by atoms with Crippen LogP contribution < -0.4 is 9.80 Å². The quantitative estimate of drug-likeness (QED) is 0.113. The molecule has 74 heavy (non-hydrogen) atoms. The van der Waals surface area contributed by atoms with Crippen LogP contribution in [0.25, 0.3) is 43.8 Å². The van der Waals surface area contributed by atoms with Gasteiger partial charge in [-0.2, -0.15) is 0 Å². The maximum atomic E-state index is 2.48. The predicted molar refractivity (Wildman–Crippen MR) is 320 cm³/mol. The zero-order chi connectivity index (χ0) is 51.0. The van der Waals surface area contributed by atoms with Crippen LogP contribution in [0.15, 0.2) is 170 Å². The van der Waals surface area contributed by atoms with E-state index in [2.05, 4.69) is 235 Å². The van der Waals surface area contributed by atoms with Gasteiger partial charge in [0.2, 0.25) is 0 Å². The highest BCUT2D eigenvalue weighted by Crippen LogP contribution is 2.46. The number of aryl methyl sites for hydroxylation is 4. The largest absolute Gasteiger partial charge is 0.310 e. The summed E-state index contributed by atoms with van der Waals surface area (Å²) in [6.07, 6.45) is 13.4. The Labute approximate surface area is 443 Å². The lowest BCUT2D eigenvalue weighted by Crippen LogP contribution is -2.12. The molecule has 2 aliphatic rings. The molecule has 374 valence electrons. The fraction of sp³-hybridized carbons (Fsp3) is 0.306. The molecule has 0 N–H and O–H groups in total. The summed E-state index contributed by atoms with van der Waals surface area (Å²) in [5, 5.41) is 5.45. The lowest BCUT2D eigenvalue weighted by atomic mass is 9.82. The Morgan fingerprint density at radius 3 is 0.973 bits per heavy atom. The van der Waals surface area contributed by atoms with Crippen molar-refractivity contribution < 1.29 is 0 Å². The molecule has 11 rings (SSSR count). The smallest absolute Gasteiger partial charge is 0.0490 e. The molecule has 0 amide bonds. The van der Waals surface area contributed by atoms with Crippen molar-refractivity contribution in [3.63, 3.8) is 0 Å². The highest BCUT2D eigenvalue weighted by molar-refractivity contribution is 6.09. The van der Waals surface area contributed by atoms with Gasteiger partial charge < -0.3 is 9.80 Å². The van der Waals surface area contributed by atoms with Crippen LogP contribution in [-0.2, 0) is 0 Å². The van der Waals surface area contributed by atoms with E-state index in [1.54, 1.807) is 0 Å². The van der Waals surface area contributed by atoms with Crippen molar-refractivity contribution in [2.45, 2.75) is 143 Å². The summed E-state index contributed by atoms with van der Waals surface area (Å²) in [5.41, 5.74) is 23.1. The van der Waals surface area contributed by atoms with Gasteiger partial charge in [0.25, 0.3) is 0 Å². The number of hydrogen-bond acceptors (Lipinski definition) is 2. The second-order valence-corrected chi connectivity index (χ2v) is 22.9. The van der Waals surface area contributed by atoms with Gasteiger partial charge in [-0.25, -0.2) is 0 Å². The third-order valence-electron chi connectivity index (χ3n) is 16.9. The van der Waals surface area contributed by atoms with E-state index in [9.17, 15) is 0 Å². The van der Waals surface area contributed by atoms with E-state index < -0.39 is 0 Å². The highest BCUT2D eigenvalue weighted by atomic mass is 15.1. The molecular weight excluding hydrogens is 893 g/mol. The molecule has 9 aromatic rings. The van der Waals surface area contributed by atoms with Crippen molar-refractivity contribution in [3.8, 4) is 22.3 Å². The first-order chi connectivity index (χ1) is 36.0. The minimum absolute atomic E-state index is 0.340. The summed E-state index contributed by atoms with van der Waals surface area (Å²) in [5.74, 6) is 2.06. The SMILES string of the molecule is Cc1ccc(N(c2ccc(-c3ccc4c(C(C)C)c5cc(-c6ccc(N(c7ccc(C8CCCCC8)cc7)c7ccc(C)cc7C)cc6)ccc5c(C(C)C)c4c3)cc2)c2ccc(C3CCCCC3)cc2)c(C)c1. The standard InChI is InChI=1S/C72H76N2/c1-47(2)71-65-39-29-60(58-27-37-64(38-28-58)74(70-42-20-50(6)44-52(70)8)62-33-23-56(24-34-62)54-17-13-10-14-18-54)46-68(65)72(48(3)4)66-40-30-59(45-67(66)71)57-25-35-63(36-26-57)73(69-41-19-49(5)43-51(69)7)61-31-21-55(22-32-61)53-15-11-9-12-16-53/h19-48,53-54H,9-18H2,1-8H3. The van der Waals surface area contributed by atoms with Crippen molar-refractivity contribution in [2.24, 2.45) is 0 Å². The van der Waals surface area contributed by atoms with E-state index in [4.69, 9.17) is 0 Å². The molecule has 2 nitrogen and oxygen atoms in total. The summed E-state index contributed by atoms with van der Waals surface area (Å²) in [6.45, 7) is 18.3. The van der Waals surface area contributed by atoms with Crippen LogP contribution in [-0.4, -0.2) is 0 Å². The van der Waals surface area contributed by atoms with Crippen LogP contribution in [0.1, 0.15) is 160 Å². The number of hydrogen-bond donors (Lipinski definition) is 0. The fourth-order valence-corrected chi connectivity index (χ4v) is 13.1. The molecule has 2 heteroatoms. The average Bonchev–Trinajstić information content (AvgIpc) is 3.42. The van der Waals surface area contributed by atoms with Crippen LogP contribution in [0.5, 0.6) is 0 Å². The minimum Gasteiger partial charge on any atom is -0.310 e. The fourth-order valence-electron chi connectivity index (χ4n) is 13.1. The number of fused-ring (bicyclic) bond motifs is 2. The summed E-state index contributed by atoms with van der Waals surface area (Å²) in [4.78, 5) is 4.89. The monoisotopic (exact) mass is 969 g/mol. The topological polar surface area (TPSA) is 6.48 Å². The van der Waals surface area contributed by atoms with Crippen LogP contribution in [0.3, 0.4) is 0 Å². The number of benzene rings is 9. The molecule has 0 heterocycles. The molecule has 0 spiro atoms. The Balaban J connectivity index is 0.930. The van der Waals surface area contributed by atoms with Gasteiger partial charge in [-0.05, 0) is 227 Å². The lowest BCUT2D eigenvalue weighted by Gasteiger charge is -2.28. The van der Waals surface area contributed by atoms with Gasteiger partial charge in [-0.3, -0.25) is 0 Å². The van der Waals surface area contributed by atoms with Crippen molar-refractivity contribution in [1.29, 1.82) is 0 Å². The molecular formula is C72H76N2. The maximum Gasteiger partial charge on any atom is 0.0490 e. The van der Waals surface area contributed by atoms with Crippen molar-refractivity contribution in [3.05, 3.63) is 214 Å². The number of rotatable bonds is 12. The van der Waals surface area contributed by atoms with E-state index >= 15 is 0 Å². The minimum atomic E-state index is 0.340. The van der Waals surface area contributed by atoms with Gasteiger partial charge in [0.15, 0.2) is 0 Å². The van der Waals surface area contributed by atoms with Crippen molar-refractivity contribution >= 4 is 55.7 Å².